The second-order valence-electron chi connectivity index (χ2n) is 4.87. The Morgan fingerprint density at radius 2 is 2.05 bits per heavy atom. The topological polar surface area (TPSA) is 81.4 Å². The molecule has 0 saturated carbocycles. The Labute approximate surface area is 129 Å². The predicted molar refractivity (Wildman–Crippen MR) is 84.0 cm³/mol. The molecular weight excluding hydrogens is 344 g/mol. The third kappa shape index (κ3) is 5.78. The highest BCUT2D eigenvalue weighted by molar-refractivity contribution is 9.10. The zero-order valence-corrected chi connectivity index (χ0v) is 14.1. The van der Waals surface area contributed by atoms with E-state index in [1.807, 2.05) is 0 Å². The summed E-state index contributed by atoms with van der Waals surface area (Å²) < 4.78 is 32.7. The molecule has 20 heavy (non-hydrogen) atoms. The van der Waals surface area contributed by atoms with Gasteiger partial charge in [-0.1, -0.05) is 29.8 Å². The van der Waals surface area contributed by atoms with Crippen LogP contribution in [-0.4, -0.2) is 28.2 Å². The zero-order chi connectivity index (χ0) is 15.2. The fourth-order valence-corrected chi connectivity index (χ4v) is 3.01. The number of halogens is 1. The number of benzene rings is 1. The van der Waals surface area contributed by atoms with Gasteiger partial charge in [-0.25, -0.2) is 13.1 Å². The van der Waals surface area contributed by atoms with Gasteiger partial charge in [-0.3, -0.25) is 0 Å². The highest BCUT2D eigenvalue weighted by Crippen LogP contribution is 2.22. The summed E-state index contributed by atoms with van der Waals surface area (Å²) in [6.45, 7) is 5.45. The van der Waals surface area contributed by atoms with E-state index in [0.29, 0.717) is 19.1 Å². The molecule has 114 valence electrons. The SMILES string of the molecule is CC(C)CCOCCNS(=O)(=O)c1ccc(Br)cc1N. The molecule has 0 aliphatic rings. The van der Waals surface area contributed by atoms with Crippen LogP contribution in [0.2, 0.25) is 0 Å². The summed E-state index contributed by atoms with van der Waals surface area (Å²) in [5, 5.41) is 0. The first kappa shape index (κ1) is 17.4. The fourth-order valence-electron chi connectivity index (χ4n) is 1.51. The minimum atomic E-state index is -3.59. The Hall–Kier alpha value is -0.630. The van der Waals surface area contributed by atoms with Crippen LogP contribution in [0.3, 0.4) is 0 Å². The summed E-state index contributed by atoms with van der Waals surface area (Å²) in [5.41, 5.74) is 5.93. The lowest BCUT2D eigenvalue weighted by atomic mass is 10.1. The molecule has 0 heterocycles. The number of rotatable bonds is 8. The van der Waals surface area contributed by atoms with E-state index in [1.165, 1.54) is 6.07 Å². The van der Waals surface area contributed by atoms with Gasteiger partial charge >= 0.3 is 0 Å². The first-order valence-electron chi connectivity index (χ1n) is 6.45. The maximum Gasteiger partial charge on any atom is 0.242 e. The van der Waals surface area contributed by atoms with E-state index in [9.17, 15) is 8.42 Å². The summed E-state index contributed by atoms with van der Waals surface area (Å²) in [7, 11) is -3.59. The molecule has 0 saturated heterocycles. The number of nitrogens with one attached hydrogen (secondary N) is 1. The summed E-state index contributed by atoms with van der Waals surface area (Å²) in [6, 6.07) is 4.68. The zero-order valence-electron chi connectivity index (χ0n) is 11.7. The first-order chi connectivity index (χ1) is 9.33. The molecule has 1 aromatic carbocycles. The highest BCUT2D eigenvalue weighted by atomic mass is 79.9. The predicted octanol–water partition coefficient (Wildman–Crippen LogP) is 2.37. The molecule has 3 N–H and O–H groups in total. The van der Waals surface area contributed by atoms with Crippen molar-refractivity contribution in [3.05, 3.63) is 22.7 Å². The van der Waals surface area contributed by atoms with Crippen molar-refractivity contribution in [2.24, 2.45) is 5.92 Å². The van der Waals surface area contributed by atoms with Crippen LogP contribution in [0.15, 0.2) is 27.6 Å². The molecule has 0 amide bonds. The molecule has 0 bridgehead atoms. The molecule has 0 unspecified atom stereocenters. The average Bonchev–Trinajstić information content (AvgIpc) is 2.32. The molecule has 0 aliphatic carbocycles. The van der Waals surface area contributed by atoms with Crippen LogP contribution in [0.1, 0.15) is 20.3 Å². The molecule has 7 heteroatoms. The molecule has 0 fully saturated rings. The normalized spacial score (nSPS) is 12.0. The summed E-state index contributed by atoms with van der Waals surface area (Å²) in [4.78, 5) is 0.0860. The van der Waals surface area contributed by atoms with E-state index in [2.05, 4.69) is 34.5 Å². The lowest BCUT2D eigenvalue weighted by Crippen LogP contribution is -2.28. The maximum atomic E-state index is 12.0. The number of ether oxygens (including phenoxy) is 1. The Morgan fingerprint density at radius 3 is 2.65 bits per heavy atom. The molecule has 1 aromatic rings. The van der Waals surface area contributed by atoms with Gasteiger partial charge in [-0.2, -0.15) is 0 Å². The highest BCUT2D eigenvalue weighted by Gasteiger charge is 2.16. The maximum absolute atomic E-state index is 12.0. The van der Waals surface area contributed by atoms with E-state index < -0.39 is 10.0 Å². The Balaban J connectivity index is 2.46. The molecule has 0 atom stereocenters. The van der Waals surface area contributed by atoms with Crippen molar-refractivity contribution in [3.8, 4) is 0 Å². The summed E-state index contributed by atoms with van der Waals surface area (Å²) >= 11 is 3.24. The van der Waals surface area contributed by atoms with Gasteiger partial charge in [-0.15, -0.1) is 0 Å². The molecule has 0 aliphatic heterocycles. The van der Waals surface area contributed by atoms with Crippen molar-refractivity contribution in [2.75, 3.05) is 25.5 Å². The fraction of sp³-hybridized carbons (Fsp3) is 0.538. The van der Waals surface area contributed by atoms with Gasteiger partial charge in [0.2, 0.25) is 10.0 Å². The molecule has 1 rings (SSSR count). The molecule has 0 spiro atoms. The molecule has 0 radical (unpaired) electrons. The smallest absolute Gasteiger partial charge is 0.242 e. The van der Waals surface area contributed by atoms with Gasteiger partial charge < -0.3 is 10.5 Å². The van der Waals surface area contributed by atoms with E-state index in [-0.39, 0.29) is 17.1 Å². The van der Waals surface area contributed by atoms with Crippen molar-refractivity contribution in [1.29, 1.82) is 0 Å². The van der Waals surface area contributed by atoms with Crippen LogP contribution in [0.4, 0.5) is 5.69 Å². The molecule has 0 aromatic heterocycles. The summed E-state index contributed by atoms with van der Waals surface area (Å²) in [6.07, 6.45) is 0.965. The van der Waals surface area contributed by atoms with Gasteiger partial charge in [-0.05, 0) is 30.5 Å². The molecular formula is C13H21BrN2O3S. The van der Waals surface area contributed by atoms with Crippen LogP contribution >= 0.6 is 15.9 Å². The van der Waals surface area contributed by atoms with E-state index >= 15 is 0 Å². The third-order valence-electron chi connectivity index (χ3n) is 2.64. The summed E-state index contributed by atoms with van der Waals surface area (Å²) in [5.74, 6) is 0.578. The number of hydrogen-bond acceptors (Lipinski definition) is 4. The second kappa shape index (κ2) is 7.97. The van der Waals surface area contributed by atoms with Gasteiger partial charge in [0.05, 0.1) is 12.3 Å². The lowest BCUT2D eigenvalue weighted by molar-refractivity contribution is 0.128. The van der Waals surface area contributed by atoms with E-state index in [4.69, 9.17) is 10.5 Å². The van der Waals surface area contributed by atoms with Gasteiger partial charge in [0, 0.05) is 17.6 Å². The lowest BCUT2D eigenvalue weighted by Gasteiger charge is -2.10. The van der Waals surface area contributed by atoms with Gasteiger partial charge in [0.15, 0.2) is 0 Å². The van der Waals surface area contributed by atoms with Crippen LogP contribution in [0.5, 0.6) is 0 Å². The number of sulfonamides is 1. The van der Waals surface area contributed by atoms with Crippen LogP contribution in [0.25, 0.3) is 0 Å². The average molecular weight is 365 g/mol. The van der Waals surface area contributed by atoms with Crippen molar-refractivity contribution < 1.29 is 13.2 Å². The Morgan fingerprint density at radius 1 is 1.35 bits per heavy atom. The van der Waals surface area contributed by atoms with Gasteiger partial charge in [0.1, 0.15) is 4.90 Å². The van der Waals surface area contributed by atoms with Crippen molar-refractivity contribution in [3.63, 3.8) is 0 Å². The van der Waals surface area contributed by atoms with Crippen molar-refractivity contribution in [2.45, 2.75) is 25.2 Å². The molecule has 5 nitrogen and oxygen atoms in total. The van der Waals surface area contributed by atoms with Crippen molar-refractivity contribution in [1.82, 2.24) is 4.72 Å². The standard InChI is InChI=1S/C13H21BrN2O3S/c1-10(2)5-7-19-8-6-16-20(17,18)13-4-3-11(14)9-12(13)15/h3-4,9-10,16H,5-8,15H2,1-2H3. The van der Waals surface area contributed by atoms with Crippen LogP contribution < -0.4 is 10.5 Å². The monoisotopic (exact) mass is 364 g/mol. The minimum absolute atomic E-state index is 0.0860. The largest absolute Gasteiger partial charge is 0.398 e. The number of hydrogen-bond donors (Lipinski definition) is 2. The Bertz CT molecular complexity index is 532. The minimum Gasteiger partial charge on any atom is -0.398 e. The van der Waals surface area contributed by atoms with E-state index in [0.717, 1.165) is 10.9 Å². The van der Waals surface area contributed by atoms with E-state index in [1.54, 1.807) is 12.1 Å². The second-order valence-corrected chi connectivity index (χ2v) is 7.53. The van der Waals surface area contributed by atoms with Gasteiger partial charge in [0.25, 0.3) is 0 Å². The Kier molecular flexibility index (Phi) is 6.94. The number of nitrogens with two attached hydrogens (primary N) is 1. The third-order valence-corrected chi connectivity index (χ3v) is 4.67. The van der Waals surface area contributed by atoms with Crippen molar-refractivity contribution >= 4 is 31.6 Å². The first-order valence-corrected chi connectivity index (χ1v) is 8.73. The quantitative estimate of drug-likeness (QED) is 0.547. The van der Waals surface area contributed by atoms with Crippen LogP contribution in [-0.2, 0) is 14.8 Å². The number of anilines is 1. The number of nitrogen functional groups attached to an aromatic ring is 1. The van der Waals surface area contributed by atoms with Crippen LogP contribution in [0, 0.1) is 5.92 Å².